The minimum Gasteiger partial charge on any atom is -0.244 e. The van der Waals surface area contributed by atoms with Gasteiger partial charge < -0.3 is 0 Å². The summed E-state index contributed by atoms with van der Waals surface area (Å²) in [7, 11) is 0. The Morgan fingerprint density at radius 3 is 2.42 bits per heavy atom. The van der Waals surface area contributed by atoms with E-state index in [0.29, 0.717) is 5.56 Å². The maximum Gasteiger partial charge on any atom is 0.264 e. The van der Waals surface area contributed by atoms with Crippen LogP contribution in [-0.4, -0.2) is 15.9 Å². The standard InChI is InChI=1S/C8H8F2N2/c1-8(9,10)3-2-7-4-11-6-12-5-7/h2-6H,1H3. The summed E-state index contributed by atoms with van der Waals surface area (Å²) in [4.78, 5) is 7.36. The number of allylic oxidation sites excluding steroid dienone is 1. The molecular weight excluding hydrogens is 162 g/mol. The molecule has 0 saturated carbocycles. The van der Waals surface area contributed by atoms with Crippen LogP contribution in [0.4, 0.5) is 8.78 Å². The van der Waals surface area contributed by atoms with Gasteiger partial charge in [-0.3, -0.25) is 0 Å². The van der Waals surface area contributed by atoms with E-state index in [4.69, 9.17) is 0 Å². The second-order valence-electron chi connectivity index (χ2n) is 2.46. The van der Waals surface area contributed by atoms with Crippen molar-refractivity contribution in [2.24, 2.45) is 0 Å². The molecule has 0 aliphatic heterocycles. The first-order valence-corrected chi connectivity index (χ1v) is 3.40. The smallest absolute Gasteiger partial charge is 0.244 e. The second-order valence-corrected chi connectivity index (χ2v) is 2.46. The summed E-state index contributed by atoms with van der Waals surface area (Å²) >= 11 is 0. The van der Waals surface area contributed by atoms with Crippen LogP contribution in [0.15, 0.2) is 24.8 Å². The average molecular weight is 170 g/mol. The van der Waals surface area contributed by atoms with Crippen molar-refractivity contribution >= 4 is 6.08 Å². The van der Waals surface area contributed by atoms with Gasteiger partial charge in [0.05, 0.1) is 0 Å². The van der Waals surface area contributed by atoms with E-state index in [-0.39, 0.29) is 0 Å². The molecule has 64 valence electrons. The lowest BCUT2D eigenvalue weighted by molar-refractivity contribution is 0.0784. The quantitative estimate of drug-likeness (QED) is 0.679. The Kier molecular flexibility index (Phi) is 2.47. The number of halogens is 2. The zero-order valence-corrected chi connectivity index (χ0v) is 6.54. The first-order chi connectivity index (χ1) is 5.58. The third-order valence-electron chi connectivity index (χ3n) is 1.15. The average Bonchev–Trinajstić information content (AvgIpc) is 2.02. The van der Waals surface area contributed by atoms with Gasteiger partial charge in [-0.05, 0) is 12.2 Å². The number of nitrogens with zero attached hydrogens (tertiary/aromatic N) is 2. The van der Waals surface area contributed by atoms with Gasteiger partial charge in [-0.2, -0.15) is 0 Å². The van der Waals surface area contributed by atoms with Gasteiger partial charge in [-0.25, -0.2) is 18.7 Å². The van der Waals surface area contributed by atoms with Crippen LogP contribution in [0.3, 0.4) is 0 Å². The lowest BCUT2D eigenvalue weighted by Crippen LogP contribution is -2.02. The fourth-order valence-corrected chi connectivity index (χ4v) is 0.639. The molecule has 0 aliphatic rings. The molecule has 0 aliphatic carbocycles. The molecule has 0 unspecified atom stereocenters. The van der Waals surface area contributed by atoms with Crippen molar-refractivity contribution in [2.45, 2.75) is 12.8 Å². The highest BCUT2D eigenvalue weighted by Gasteiger charge is 2.14. The number of aromatic nitrogens is 2. The van der Waals surface area contributed by atoms with Crippen molar-refractivity contribution in [3.05, 3.63) is 30.4 Å². The Balaban J connectivity index is 2.71. The Labute approximate surface area is 69.0 Å². The molecule has 0 fully saturated rings. The molecule has 1 aromatic heterocycles. The summed E-state index contributed by atoms with van der Waals surface area (Å²) in [5.74, 6) is -2.78. The van der Waals surface area contributed by atoms with E-state index in [0.717, 1.165) is 13.0 Å². The van der Waals surface area contributed by atoms with Crippen molar-refractivity contribution in [1.82, 2.24) is 9.97 Å². The largest absolute Gasteiger partial charge is 0.264 e. The van der Waals surface area contributed by atoms with Gasteiger partial charge in [0.15, 0.2) is 0 Å². The third kappa shape index (κ3) is 3.18. The fourth-order valence-electron chi connectivity index (χ4n) is 0.639. The first kappa shape index (κ1) is 8.77. The number of hydrogen-bond acceptors (Lipinski definition) is 2. The van der Waals surface area contributed by atoms with E-state index in [1.807, 2.05) is 0 Å². The summed E-state index contributed by atoms with van der Waals surface area (Å²) < 4.78 is 24.6. The highest BCUT2D eigenvalue weighted by Crippen LogP contribution is 2.14. The summed E-state index contributed by atoms with van der Waals surface area (Å²) in [6.07, 6.45) is 6.39. The van der Waals surface area contributed by atoms with Gasteiger partial charge >= 0.3 is 0 Å². The van der Waals surface area contributed by atoms with E-state index >= 15 is 0 Å². The molecule has 0 spiro atoms. The van der Waals surface area contributed by atoms with Crippen LogP contribution in [-0.2, 0) is 0 Å². The van der Waals surface area contributed by atoms with Gasteiger partial charge in [0, 0.05) is 24.9 Å². The summed E-state index contributed by atoms with van der Waals surface area (Å²) in [5.41, 5.74) is 0.569. The van der Waals surface area contributed by atoms with Gasteiger partial charge in [-0.1, -0.05) is 0 Å². The zero-order valence-electron chi connectivity index (χ0n) is 6.54. The van der Waals surface area contributed by atoms with Crippen molar-refractivity contribution in [1.29, 1.82) is 0 Å². The molecule has 0 N–H and O–H groups in total. The van der Waals surface area contributed by atoms with E-state index in [1.54, 1.807) is 0 Å². The van der Waals surface area contributed by atoms with Crippen molar-refractivity contribution in [3.63, 3.8) is 0 Å². The van der Waals surface area contributed by atoms with Gasteiger partial charge in [-0.15, -0.1) is 0 Å². The van der Waals surface area contributed by atoms with Crippen molar-refractivity contribution in [3.8, 4) is 0 Å². The normalized spacial score (nSPS) is 12.2. The molecule has 1 aromatic rings. The number of hydrogen-bond donors (Lipinski definition) is 0. The van der Waals surface area contributed by atoms with Crippen LogP contribution in [0.1, 0.15) is 12.5 Å². The van der Waals surface area contributed by atoms with E-state index in [2.05, 4.69) is 9.97 Å². The molecule has 1 heterocycles. The molecule has 0 aromatic carbocycles. The van der Waals surface area contributed by atoms with E-state index in [9.17, 15) is 8.78 Å². The molecule has 1 rings (SSSR count). The predicted molar refractivity (Wildman–Crippen MR) is 41.7 cm³/mol. The Morgan fingerprint density at radius 2 is 1.92 bits per heavy atom. The maximum atomic E-state index is 12.3. The van der Waals surface area contributed by atoms with Crippen molar-refractivity contribution < 1.29 is 8.78 Å². The zero-order chi connectivity index (χ0) is 9.03. The van der Waals surface area contributed by atoms with Crippen molar-refractivity contribution in [2.75, 3.05) is 0 Å². The summed E-state index contributed by atoms with van der Waals surface area (Å²) in [6, 6.07) is 0. The van der Waals surface area contributed by atoms with Gasteiger partial charge in [0.1, 0.15) is 6.33 Å². The van der Waals surface area contributed by atoms with Crippen LogP contribution >= 0.6 is 0 Å². The number of rotatable bonds is 2. The van der Waals surface area contributed by atoms with Crippen LogP contribution in [0.5, 0.6) is 0 Å². The van der Waals surface area contributed by atoms with Gasteiger partial charge in [0.25, 0.3) is 5.92 Å². The topological polar surface area (TPSA) is 25.8 Å². The third-order valence-corrected chi connectivity index (χ3v) is 1.15. The maximum absolute atomic E-state index is 12.3. The lowest BCUT2D eigenvalue weighted by Gasteiger charge is -2.00. The van der Waals surface area contributed by atoms with Crippen LogP contribution in [0.2, 0.25) is 0 Å². The van der Waals surface area contributed by atoms with E-state index in [1.165, 1.54) is 24.8 Å². The van der Waals surface area contributed by atoms with Crippen LogP contribution < -0.4 is 0 Å². The summed E-state index contributed by atoms with van der Waals surface area (Å²) in [6.45, 7) is 0.827. The van der Waals surface area contributed by atoms with Gasteiger partial charge in [0.2, 0.25) is 0 Å². The molecule has 0 bridgehead atoms. The summed E-state index contributed by atoms with van der Waals surface area (Å²) in [5, 5.41) is 0. The van der Waals surface area contributed by atoms with Crippen LogP contribution in [0, 0.1) is 0 Å². The molecule has 2 nitrogen and oxygen atoms in total. The monoisotopic (exact) mass is 170 g/mol. The molecule has 0 radical (unpaired) electrons. The molecule has 4 heteroatoms. The van der Waals surface area contributed by atoms with E-state index < -0.39 is 5.92 Å². The predicted octanol–water partition coefficient (Wildman–Crippen LogP) is 2.14. The first-order valence-electron chi connectivity index (χ1n) is 3.40. The minimum atomic E-state index is -2.78. The molecule has 0 saturated heterocycles. The lowest BCUT2D eigenvalue weighted by atomic mass is 10.2. The molecule has 12 heavy (non-hydrogen) atoms. The SMILES string of the molecule is CC(F)(F)C=Cc1cncnc1. The minimum absolute atomic E-state index is 0.569. The fraction of sp³-hybridized carbons (Fsp3) is 0.250. The molecule has 0 amide bonds. The van der Waals surface area contributed by atoms with Crippen LogP contribution in [0.25, 0.3) is 6.08 Å². The molecule has 0 atom stereocenters. The Hall–Kier alpha value is -1.32. The Morgan fingerprint density at radius 1 is 1.33 bits per heavy atom. The highest BCUT2D eigenvalue weighted by atomic mass is 19.3. The second kappa shape index (κ2) is 3.38. The molecular formula is C8H8F2N2. The number of alkyl halides is 2. The Bertz CT molecular complexity index is 264. The highest BCUT2D eigenvalue weighted by molar-refractivity contribution is 5.47.